The minimum absolute atomic E-state index is 0.329. The number of rotatable bonds is 8. The Balaban J connectivity index is 1.85. The molecule has 2 unspecified atom stereocenters. The summed E-state index contributed by atoms with van der Waals surface area (Å²) in [5, 5.41) is 3.77. The topological polar surface area (TPSA) is 33.7 Å². The van der Waals surface area contributed by atoms with Crippen LogP contribution in [0, 0.1) is 11.8 Å². The Bertz CT molecular complexity index is 294. The van der Waals surface area contributed by atoms with E-state index in [4.69, 9.17) is 9.47 Å². The predicted molar refractivity (Wildman–Crippen MR) is 82.0 cm³/mol. The van der Waals surface area contributed by atoms with E-state index in [0.29, 0.717) is 30.7 Å². The monoisotopic (exact) mass is 284 g/mol. The highest BCUT2D eigenvalue weighted by Crippen LogP contribution is 2.44. The van der Waals surface area contributed by atoms with Crippen LogP contribution in [0.25, 0.3) is 0 Å². The van der Waals surface area contributed by atoms with Gasteiger partial charge in [-0.25, -0.2) is 0 Å². The van der Waals surface area contributed by atoms with Gasteiger partial charge in [-0.2, -0.15) is 0 Å². The molecule has 1 N–H and O–H groups in total. The molecule has 0 aromatic heterocycles. The van der Waals surface area contributed by atoms with Crippen molar-refractivity contribution in [3.63, 3.8) is 0 Å². The molecule has 0 aromatic rings. The van der Waals surface area contributed by atoms with Crippen LogP contribution < -0.4 is 5.32 Å². The van der Waals surface area contributed by atoms with E-state index in [9.17, 15) is 0 Å². The van der Waals surface area contributed by atoms with Crippen LogP contribution in [-0.2, 0) is 9.47 Å². The average Bonchev–Trinajstić information content (AvgIpc) is 3.25. The maximum atomic E-state index is 5.68. The first-order valence-corrected chi connectivity index (χ1v) is 8.13. The van der Waals surface area contributed by atoms with Crippen LogP contribution in [-0.4, -0.2) is 63.0 Å². The Morgan fingerprint density at radius 3 is 2.60 bits per heavy atom. The zero-order chi connectivity index (χ0) is 14.6. The van der Waals surface area contributed by atoms with Gasteiger partial charge in [-0.3, -0.25) is 4.90 Å². The van der Waals surface area contributed by atoms with Crippen LogP contribution in [0.3, 0.4) is 0 Å². The minimum Gasteiger partial charge on any atom is -0.382 e. The summed E-state index contributed by atoms with van der Waals surface area (Å²) in [6.45, 7) is 12.6. The van der Waals surface area contributed by atoms with E-state index in [1.54, 1.807) is 7.11 Å². The second-order valence-corrected chi connectivity index (χ2v) is 6.91. The Morgan fingerprint density at radius 1 is 1.25 bits per heavy atom. The van der Waals surface area contributed by atoms with E-state index in [1.807, 2.05) is 0 Å². The quantitative estimate of drug-likeness (QED) is 0.689. The molecule has 2 atom stereocenters. The molecule has 0 radical (unpaired) electrons. The van der Waals surface area contributed by atoms with Gasteiger partial charge in [-0.1, -0.05) is 13.8 Å². The Morgan fingerprint density at radius 2 is 2.00 bits per heavy atom. The molecule has 2 aliphatic rings. The van der Waals surface area contributed by atoms with Gasteiger partial charge < -0.3 is 14.8 Å². The van der Waals surface area contributed by atoms with Gasteiger partial charge in [0, 0.05) is 38.3 Å². The minimum atomic E-state index is 0.329. The summed E-state index contributed by atoms with van der Waals surface area (Å²) in [4.78, 5) is 2.68. The summed E-state index contributed by atoms with van der Waals surface area (Å²) < 4.78 is 10.7. The third-order valence-electron chi connectivity index (χ3n) is 5.06. The van der Waals surface area contributed by atoms with Crippen molar-refractivity contribution in [1.29, 1.82) is 0 Å². The Hall–Kier alpha value is -0.160. The third kappa shape index (κ3) is 3.94. The molecule has 0 spiro atoms. The van der Waals surface area contributed by atoms with E-state index in [1.165, 1.54) is 12.8 Å². The van der Waals surface area contributed by atoms with Crippen molar-refractivity contribution in [2.24, 2.45) is 11.8 Å². The molecule has 0 aromatic carbocycles. The number of piperazine rings is 1. The van der Waals surface area contributed by atoms with Gasteiger partial charge in [-0.05, 0) is 31.6 Å². The molecule has 118 valence electrons. The second-order valence-electron chi connectivity index (χ2n) is 6.91. The zero-order valence-electron chi connectivity index (χ0n) is 13.7. The summed E-state index contributed by atoms with van der Waals surface area (Å²) >= 11 is 0. The molecular formula is C16H32N2O2. The lowest BCUT2D eigenvalue weighted by molar-refractivity contribution is -0.00665. The van der Waals surface area contributed by atoms with Gasteiger partial charge in [0.1, 0.15) is 0 Å². The van der Waals surface area contributed by atoms with Crippen molar-refractivity contribution in [2.75, 3.05) is 46.6 Å². The molecule has 4 heteroatoms. The number of hydrogen-bond acceptors (Lipinski definition) is 4. The van der Waals surface area contributed by atoms with Gasteiger partial charge in [0.2, 0.25) is 0 Å². The van der Waals surface area contributed by atoms with Gasteiger partial charge in [0.25, 0.3) is 0 Å². The lowest BCUT2D eigenvalue weighted by Crippen LogP contribution is -2.65. The fraction of sp³-hybridized carbons (Fsp3) is 1.00. The summed E-state index contributed by atoms with van der Waals surface area (Å²) in [7, 11) is 1.72. The molecule has 1 saturated heterocycles. The molecule has 2 fully saturated rings. The second kappa shape index (κ2) is 7.21. The van der Waals surface area contributed by atoms with Crippen molar-refractivity contribution in [3.8, 4) is 0 Å². The van der Waals surface area contributed by atoms with Crippen molar-refractivity contribution in [1.82, 2.24) is 10.2 Å². The number of hydrogen-bond donors (Lipinski definition) is 1. The highest BCUT2D eigenvalue weighted by atomic mass is 16.5. The summed E-state index contributed by atoms with van der Waals surface area (Å²) in [5.74, 6) is 1.57. The first-order chi connectivity index (χ1) is 9.58. The summed E-state index contributed by atoms with van der Waals surface area (Å²) in [6, 6.07) is 0.612. The predicted octanol–water partition coefficient (Wildman–Crippen LogP) is 1.75. The fourth-order valence-corrected chi connectivity index (χ4v) is 3.28. The fourth-order valence-electron chi connectivity index (χ4n) is 3.28. The number of ether oxygens (including phenoxy) is 2. The van der Waals surface area contributed by atoms with Crippen LogP contribution >= 0.6 is 0 Å². The molecule has 1 aliphatic heterocycles. The summed E-state index contributed by atoms with van der Waals surface area (Å²) in [5.41, 5.74) is 0.329. The van der Waals surface area contributed by atoms with Crippen LogP contribution in [0.1, 0.15) is 33.6 Å². The third-order valence-corrected chi connectivity index (χ3v) is 5.06. The molecule has 20 heavy (non-hydrogen) atoms. The van der Waals surface area contributed by atoms with E-state index in [2.05, 4.69) is 31.0 Å². The van der Waals surface area contributed by atoms with Gasteiger partial charge in [0.05, 0.1) is 19.8 Å². The molecule has 0 bridgehead atoms. The molecule has 1 heterocycles. The van der Waals surface area contributed by atoms with Gasteiger partial charge >= 0.3 is 0 Å². The number of methoxy groups -OCH3 is 1. The average molecular weight is 284 g/mol. The lowest BCUT2D eigenvalue weighted by Gasteiger charge is -2.49. The van der Waals surface area contributed by atoms with Crippen LogP contribution in [0.2, 0.25) is 0 Å². The molecular weight excluding hydrogens is 252 g/mol. The molecule has 4 nitrogen and oxygen atoms in total. The lowest BCUT2D eigenvalue weighted by atomic mass is 9.87. The highest BCUT2D eigenvalue weighted by Gasteiger charge is 2.48. The van der Waals surface area contributed by atoms with E-state index in [0.717, 1.165) is 32.2 Å². The molecule has 1 saturated carbocycles. The smallest absolute Gasteiger partial charge is 0.0700 e. The van der Waals surface area contributed by atoms with E-state index < -0.39 is 0 Å². The van der Waals surface area contributed by atoms with Crippen LogP contribution in [0.4, 0.5) is 0 Å². The first kappa shape index (κ1) is 16.2. The molecule has 2 rings (SSSR count). The molecule has 1 aliphatic carbocycles. The van der Waals surface area contributed by atoms with Gasteiger partial charge in [0.15, 0.2) is 0 Å². The van der Waals surface area contributed by atoms with Crippen molar-refractivity contribution in [2.45, 2.75) is 45.2 Å². The molecule has 0 amide bonds. The van der Waals surface area contributed by atoms with Crippen molar-refractivity contribution < 1.29 is 9.47 Å². The highest BCUT2D eigenvalue weighted by molar-refractivity contribution is 5.05. The van der Waals surface area contributed by atoms with Crippen LogP contribution in [0.15, 0.2) is 0 Å². The van der Waals surface area contributed by atoms with E-state index in [-0.39, 0.29) is 0 Å². The van der Waals surface area contributed by atoms with Crippen LogP contribution in [0.5, 0.6) is 0 Å². The summed E-state index contributed by atoms with van der Waals surface area (Å²) in [6.07, 6.45) is 2.79. The van der Waals surface area contributed by atoms with Crippen molar-refractivity contribution in [3.05, 3.63) is 0 Å². The Labute approximate surface area is 124 Å². The van der Waals surface area contributed by atoms with Gasteiger partial charge in [-0.15, -0.1) is 0 Å². The number of nitrogens with one attached hydrogen (secondary N) is 1. The SMILES string of the molecule is COCCOCCN1CC(C(C)C)NCC1(C)C1CC1. The first-order valence-electron chi connectivity index (χ1n) is 8.13. The standard InChI is InChI=1S/C16H32N2O2/c1-13(2)15-11-18(7-8-20-10-9-19-4)16(3,12-17-15)14-5-6-14/h13-15,17H,5-12H2,1-4H3. The Kier molecular flexibility index (Phi) is 5.84. The van der Waals surface area contributed by atoms with Crippen molar-refractivity contribution >= 4 is 0 Å². The normalized spacial score (nSPS) is 31.9. The zero-order valence-corrected chi connectivity index (χ0v) is 13.7. The number of nitrogens with zero attached hydrogens (tertiary/aromatic N) is 1. The maximum Gasteiger partial charge on any atom is 0.0700 e. The largest absolute Gasteiger partial charge is 0.382 e. The maximum absolute atomic E-state index is 5.68. The van der Waals surface area contributed by atoms with E-state index >= 15 is 0 Å².